The van der Waals surface area contributed by atoms with Crippen molar-refractivity contribution >= 4 is 11.6 Å². The number of amides is 1. The smallest absolute Gasteiger partial charge is 0.397 e. The molecule has 0 atom stereocenters. The van der Waals surface area contributed by atoms with Crippen LogP contribution < -0.4 is 5.73 Å². The van der Waals surface area contributed by atoms with Gasteiger partial charge in [0.1, 0.15) is 6.54 Å². The van der Waals surface area contributed by atoms with E-state index in [1.165, 1.54) is 12.3 Å². The van der Waals surface area contributed by atoms with E-state index in [2.05, 4.69) is 4.98 Å². The Morgan fingerprint density at radius 3 is 2.43 bits per heavy atom. The van der Waals surface area contributed by atoms with Crippen molar-refractivity contribution < 1.29 is 18.0 Å². The fourth-order valence-corrected chi connectivity index (χ4v) is 2.21. The van der Waals surface area contributed by atoms with Gasteiger partial charge in [-0.15, -0.1) is 0 Å². The summed E-state index contributed by atoms with van der Waals surface area (Å²) < 4.78 is 38.3. The summed E-state index contributed by atoms with van der Waals surface area (Å²) in [6.07, 6.45) is -2.17. The summed E-state index contributed by atoms with van der Waals surface area (Å²) in [4.78, 5) is 17.3. The largest absolute Gasteiger partial charge is 0.406 e. The molecular weight excluding hydrogens is 283 g/mol. The quantitative estimate of drug-likeness (QED) is 0.909. The third kappa shape index (κ3) is 4.61. The molecule has 0 aromatic carbocycles. The molecule has 0 saturated heterocycles. The van der Waals surface area contributed by atoms with Crippen molar-refractivity contribution in [2.75, 3.05) is 12.3 Å². The zero-order valence-corrected chi connectivity index (χ0v) is 12.4. The highest BCUT2D eigenvalue weighted by Gasteiger charge is 2.36. The van der Waals surface area contributed by atoms with E-state index in [1.807, 2.05) is 0 Å². The molecule has 0 saturated carbocycles. The van der Waals surface area contributed by atoms with Crippen LogP contribution in [0.2, 0.25) is 0 Å². The zero-order valence-electron chi connectivity index (χ0n) is 12.4. The number of pyridine rings is 1. The van der Waals surface area contributed by atoms with E-state index < -0.39 is 24.7 Å². The molecule has 0 aliphatic carbocycles. The lowest BCUT2D eigenvalue weighted by Gasteiger charge is -2.31. The first kappa shape index (κ1) is 17.3. The molecule has 0 bridgehead atoms. The van der Waals surface area contributed by atoms with Crippen LogP contribution in [0.1, 0.15) is 42.7 Å². The number of anilines is 1. The SMILES string of the molecule is CCC(CC)N(CC(F)(F)F)C(=O)c1cc(N)cnc1C. The molecule has 0 unspecified atom stereocenters. The van der Waals surface area contributed by atoms with Crippen molar-refractivity contribution in [3.8, 4) is 0 Å². The molecule has 0 radical (unpaired) electrons. The number of nitrogens with two attached hydrogens (primary N) is 1. The molecule has 0 aliphatic heterocycles. The molecule has 1 aromatic rings. The fourth-order valence-electron chi connectivity index (χ4n) is 2.21. The number of aromatic nitrogens is 1. The summed E-state index contributed by atoms with van der Waals surface area (Å²) in [5.74, 6) is -0.682. The van der Waals surface area contributed by atoms with E-state index in [-0.39, 0.29) is 11.3 Å². The molecule has 7 heteroatoms. The second kappa shape index (κ2) is 6.78. The first-order valence-electron chi connectivity index (χ1n) is 6.79. The lowest BCUT2D eigenvalue weighted by atomic mass is 10.1. The van der Waals surface area contributed by atoms with Gasteiger partial charge in [0, 0.05) is 6.04 Å². The van der Waals surface area contributed by atoms with Gasteiger partial charge in [-0.1, -0.05) is 13.8 Å². The van der Waals surface area contributed by atoms with Crippen molar-refractivity contribution in [1.29, 1.82) is 0 Å². The Kier molecular flexibility index (Phi) is 5.57. The zero-order chi connectivity index (χ0) is 16.2. The monoisotopic (exact) mass is 303 g/mol. The van der Waals surface area contributed by atoms with Gasteiger partial charge in [0.2, 0.25) is 0 Å². The van der Waals surface area contributed by atoms with E-state index in [0.29, 0.717) is 18.5 Å². The van der Waals surface area contributed by atoms with Crippen LogP contribution in [-0.4, -0.2) is 34.6 Å². The Morgan fingerprint density at radius 1 is 1.38 bits per heavy atom. The summed E-state index contributed by atoms with van der Waals surface area (Å²) in [6.45, 7) is 3.82. The van der Waals surface area contributed by atoms with Crippen molar-refractivity contribution in [3.05, 3.63) is 23.5 Å². The summed E-state index contributed by atoms with van der Waals surface area (Å²) in [5.41, 5.74) is 6.31. The molecule has 21 heavy (non-hydrogen) atoms. The van der Waals surface area contributed by atoms with Gasteiger partial charge in [-0.25, -0.2) is 0 Å². The molecule has 0 aliphatic rings. The number of hydrogen-bond acceptors (Lipinski definition) is 3. The second-order valence-corrected chi connectivity index (χ2v) is 4.92. The van der Waals surface area contributed by atoms with Gasteiger partial charge in [0.05, 0.1) is 23.1 Å². The Labute approximate surface area is 122 Å². The molecule has 0 spiro atoms. The minimum Gasteiger partial charge on any atom is -0.397 e. The van der Waals surface area contributed by atoms with E-state index in [9.17, 15) is 18.0 Å². The van der Waals surface area contributed by atoms with Crippen LogP contribution in [0.3, 0.4) is 0 Å². The minimum atomic E-state index is -4.44. The Morgan fingerprint density at radius 2 is 1.95 bits per heavy atom. The van der Waals surface area contributed by atoms with E-state index in [0.717, 1.165) is 4.90 Å². The van der Waals surface area contributed by atoms with Crippen LogP contribution in [0.4, 0.5) is 18.9 Å². The van der Waals surface area contributed by atoms with E-state index in [4.69, 9.17) is 5.73 Å². The summed E-state index contributed by atoms with van der Waals surface area (Å²) in [5, 5.41) is 0. The lowest BCUT2D eigenvalue weighted by Crippen LogP contribution is -2.45. The van der Waals surface area contributed by atoms with Crippen molar-refractivity contribution in [2.24, 2.45) is 0 Å². The summed E-state index contributed by atoms with van der Waals surface area (Å²) in [6, 6.07) is 0.899. The predicted octanol–water partition coefficient (Wildman–Crippen LogP) is 3.17. The minimum absolute atomic E-state index is 0.117. The van der Waals surface area contributed by atoms with Crippen molar-refractivity contribution in [2.45, 2.75) is 45.8 Å². The standard InChI is InChI=1S/C14H20F3N3O/c1-4-11(5-2)20(8-14(15,16)17)13(21)12-6-10(18)7-19-9(12)3/h6-7,11H,4-5,8,18H2,1-3H3. The van der Waals surface area contributed by atoms with Crippen LogP contribution in [0.15, 0.2) is 12.3 Å². The van der Waals surface area contributed by atoms with Crippen LogP contribution >= 0.6 is 0 Å². The first-order chi connectivity index (χ1) is 9.69. The Balaban J connectivity index is 3.18. The Hall–Kier alpha value is -1.79. The summed E-state index contributed by atoms with van der Waals surface area (Å²) >= 11 is 0. The van der Waals surface area contributed by atoms with Gasteiger partial charge in [-0.05, 0) is 25.8 Å². The number of hydrogen-bond donors (Lipinski definition) is 1. The second-order valence-electron chi connectivity index (χ2n) is 4.92. The molecule has 4 nitrogen and oxygen atoms in total. The van der Waals surface area contributed by atoms with Gasteiger partial charge in [-0.2, -0.15) is 13.2 Å². The number of carbonyl (C=O) groups is 1. The molecule has 2 N–H and O–H groups in total. The fraction of sp³-hybridized carbons (Fsp3) is 0.571. The van der Waals surface area contributed by atoms with Gasteiger partial charge in [0.25, 0.3) is 5.91 Å². The predicted molar refractivity (Wildman–Crippen MR) is 74.8 cm³/mol. The highest BCUT2D eigenvalue weighted by Crippen LogP contribution is 2.23. The first-order valence-corrected chi connectivity index (χ1v) is 6.79. The number of nitrogen functional groups attached to an aromatic ring is 1. The van der Waals surface area contributed by atoms with Crippen molar-refractivity contribution in [3.63, 3.8) is 0 Å². The highest BCUT2D eigenvalue weighted by atomic mass is 19.4. The maximum Gasteiger partial charge on any atom is 0.406 e. The highest BCUT2D eigenvalue weighted by molar-refractivity contribution is 5.96. The van der Waals surface area contributed by atoms with Gasteiger partial charge in [0.15, 0.2) is 0 Å². The van der Waals surface area contributed by atoms with Crippen LogP contribution in [-0.2, 0) is 0 Å². The Bertz CT molecular complexity index is 499. The molecule has 1 heterocycles. The van der Waals surface area contributed by atoms with Crippen LogP contribution in [0.5, 0.6) is 0 Å². The van der Waals surface area contributed by atoms with Gasteiger partial charge >= 0.3 is 6.18 Å². The number of halogens is 3. The van der Waals surface area contributed by atoms with Crippen LogP contribution in [0.25, 0.3) is 0 Å². The maximum atomic E-state index is 12.8. The summed E-state index contributed by atoms with van der Waals surface area (Å²) in [7, 11) is 0. The molecule has 1 aromatic heterocycles. The number of carbonyl (C=O) groups excluding carboxylic acids is 1. The molecule has 1 amide bonds. The van der Waals surface area contributed by atoms with E-state index in [1.54, 1.807) is 20.8 Å². The van der Waals surface area contributed by atoms with E-state index >= 15 is 0 Å². The average molecular weight is 303 g/mol. The normalized spacial score (nSPS) is 11.8. The maximum absolute atomic E-state index is 12.8. The molecule has 118 valence electrons. The molecule has 1 rings (SSSR count). The lowest BCUT2D eigenvalue weighted by molar-refractivity contribution is -0.144. The number of nitrogens with zero attached hydrogens (tertiary/aromatic N) is 2. The number of rotatable bonds is 5. The topological polar surface area (TPSA) is 59.2 Å². The molecule has 0 fully saturated rings. The molecular formula is C14H20F3N3O. The number of aryl methyl sites for hydroxylation is 1. The van der Waals surface area contributed by atoms with Crippen LogP contribution in [0, 0.1) is 6.92 Å². The average Bonchev–Trinajstić information content (AvgIpc) is 2.39. The number of alkyl halides is 3. The van der Waals surface area contributed by atoms with Gasteiger partial charge in [-0.3, -0.25) is 9.78 Å². The van der Waals surface area contributed by atoms with Gasteiger partial charge < -0.3 is 10.6 Å². The third-order valence-electron chi connectivity index (χ3n) is 3.33. The van der Waals surface area contributed by atoms with Crippen molar-refractivity contribution in [1.82, 2.24) is 9.88 Å². The third-order valence-corrected chi connectivity index (χ3v) is 3.33.